The molecule has 3 rings (SSSR count). The quantitative estimate of drug-likeness (QED) is 0.500. The highest BCUT2D eigenvalue weighted by atomic mass is 16.5. The number of hydrogen-bond acceptors (Lipinski definition) is 6. The molecule has 2 aliphatic rings. The topological polar surface area (TPSA) is 105 Å². The van der Waals surface area contributed by atoms with Gasteiger partial charge < -0.3 is 10.1 Å². The maximum Gasteiger partial charge on any atom is 0.262 e. The number of ether oxygens (including phenoxy) is 1. The van der Waals surface area contributed by atoms with Crippen molar-refractivity contribution in [1.82, 2.24) is 15.5 Å². The van der Waals surface area contributed by atoms with Gasteiger partial charge >= 0.3 is 0 Å². The molecule has 27 heavy (non-hydrogen) atoms. The van der Waals surface area contributed by atoms with Gasteiger partial charge in [-0.05, 0) is 44.0 Å². The van der Waals surface area contributed by atoms with Crippen LogP contribution in [0.1, 0.15) is 45.5 Å². The van der Waals surface area contributed by atoms with Crippen LogP contribution in [0.5, 0.6) is 0 Å². The highest BCUT2D eigenvalue weighted by molar-refractivity contribution is 6.23. The van der Waals surface area contributed by atoms with Crippen molar-refractivity contribution in [1.29, 1.82) is 0 Å². The number of fused-ring (bicyclic) bond motifs is 1. The molecule has 0 spiro atoms. The molecule has 0 saturated carbocycles. The van der Waals surface area contributed by atoms with Crippen molar-refractivity contribution >= 4 is 23.6 Å². The van der Waals surface area contributed by atoms with E-state index in [9.17, 15) is 19.2 Å². The monoisotopic (exact) mass is 373 g/mol. The zero-order valence-corrected chi connectivity index (χ0v) is 15.2. The van der Waals surface area contributed by atoms with Crippen molar-refractivity contribution in [3.63, 3.8) is 0 Å². The third-order valence-electron chi connectivity index (χ3n) is 4.75. The van der Waals surface area contributed by atoms with Gasteiger partial charge in [-0.1, -0.05) is 6.07 Å². The average molecular weight is 373 g/mol. The molecule has 2 aliphatic heterocycles. The van der Waals surface area contributed by atoms with Gasteiger partial charge in [0.2, 0.25) is 11.8 Å². The summed E-state index contributed by atoms with van der Waals surface area (Å²) >= 11 is 0. The van der Waals surface area contributed by atoms with Gasteiger partial charge in [0, 0.05) is 19.6 Å². The molecule has 1 unspecified atom stereocenters. The van der Waals surface area contributed by atoms with Gasteiger partial charge in [-0.15, -0.1) is 0 Å². The standard InChI is InChI=1S/C19H23N3O5/c1-20-8-10-27-9-2-3-12-4-5-13-14(11-12)19(26)22(18(13)25)15-6-7-16(23)21-17(15)24/h4-5,11,15,20H,2-3,6-10H2,1H3,(H,21,23,24). The minimum absolute atomic E-state index is 0.114. The Balaban J connectivity index is 1.66. The molecule has 0 aliphatic carbocycles. The Kier molecular flexibility index (Phi) is 5.98. The second-order valence-corrected chi connectivity index (χ2v) is 6.65. The van der Waals surface area contributed by atoms with Crippen LogP contribution in [0.3, 0.4) is 0 Å². The lowest BCUT2D eigenvalue weighted by molar-refractivity contribution is -0.136. The third-order valence-corrected chi connectivity index (χ3v) is 4.75. The molecule has 8 nitrogen and oxygen atoms in total. The van der Waals surface area contributed by atoms with Crippen LogP contribution in [-0.2, 0) is 20.7 Å². The molecule has 1 fully saturated rings. The third kappa shape index (κ3) is 4.06. The summed E-state index contributed by atoms with van der Waals surface area (Å²) in [5.74, 6) is -1.94. The average Bonchev–Trinajstić information content (AvgIpc) is 2.89. The first-order valence-corrected chi connectivity index (χ1v) is 9.09. The van der Waals surface area contributed by atoms with E-state index in [0.717, 1.165) is 29.8 Å². The molecule has 8 heteroatoms. The molecule has 2 heterocycles. The second-order valence-electron chi connectivity index (χ2n) is 6.65. The number of piperidine rings is 1. The zero-order valence-electron chi connectivity index (χ0n) is 15.2. The summed E-state index contributed by atoms with van der Waals surface area (Å²) < 4.78 is 5.48. The second kappa shape index (κ2) is 8.41. The fourth-order valence-corrected chi connectivity index (χ4v) is 3.33. The van der Waals surface area contributed by atoms with E-state index < -0.39 is 23.8 Å². The van der Waals surface area contributed by atoms with Gasteiger partial charge in [0.25, 0.3) is 11.8 Å². The minimum atomic E-state index is -0.931. The Hall–Kier alpha value is -2.58. The molecular weight excluding hydrogens is 350 g/mol. The molecule has 2 N–H and O–H groups in total. The molecule has 0 aromatic heterocycles. The smallest absolute Gasteiger partial charge is 0.262 e. The van der Waals surface area contributed by atoms with Crippen LogP contribution in [0.2, 0.25) is 0 Å². The lowest BCUT2D eigenvalue weighted by Crippen LogP contribution is -2.54. The van der Waals surface area contributed by atoms with E-state index in [0.29, 0.717) is 24.3 Å². The van der Waals surface area contributed by atoms with E-state index in [1.165, 1.54) is 0 Å². The van der Waals surface area contributed by atoms with Gasteiger partial charge in [-0.25, -0.2) is 0 Å². The molecule has 1 aromatic rings. The normalized spacial score (nSPS) is 19.4. The summed E-state index contributed by atoms with van der Waals surface area (Å²) in [5, 5.41) is 5.20. The molecule has 0 radical (unpaired) electrons. The van der Waals surface area contributed by atoms with E-state index in [-0.39, 0.29) is 18.7 Å². The first kappa shape index (κ1) is 19.2. The van der Waals surface area contributed by atoms with Crippen LogP contribution in [0.25, 0.3) is 0 Å². The molecule has 1 aromatic carbocycles. The van der Waals surface area contributed by atoms with E-state index in [1.807, 2.05) is 13.1 Å². The van der Waals surface area contributed by atoms with Crippen molar-refractivity contribution in [3.8, 4) is 0 Å². The number of carbonyl (C=O) groups excluding carboxylic acids is 4. The van der Waals surface area contributed by atoms with Crippen LogP contribution in [0, 0.1) is 0 Å². The molecule has 144 valence electrons. The van der Waals surface area contributed by atoms with Crippen LogP contribution in [-0.4, -0.2) is 61.4 Å². The lowest BCUT2D eigenvalue weighted by atomic mass is 10.0. The summed E-state index contributed by atoms with van der Waals surface area (Å²) in [6, 6.07) is 4.25. The Morgan fingerprint density at radius 3 is 2.67 bits per heavy atom. The number of amides is 4. The summed E-state index contributed by atoms with van der Waals surface area (Å²) in [6.45, 7) is 2.06. The predicted octanol–water partition coefficient (Wildman–Crippen LogP) is 0.256. The number of rotatable bonds is 8. The zero-order chi connectivity index (χ0) is 19.4. The van der Waals surface area contributed by atoms with Gasteiger partial charge in [0.1, 0.15) is 6.04 Å². The first-order valence-electron chi connectivity index (χ1n) is 9.09. The largest absolute Gasteiger partial charge is 0.380 e. The van der Waals surface area contributed by atoms with Gasteiger partial charge in [0.05, 0.1) is 17.7 Å². The molecule has 1 saturated heterocycles. The lowest BCUT2D eigenvalue weighted by Gasteiger charge is -2.27. The molecule has 1 atom stereocenters. The summed E-state index contributed by atoms with van der Waals surface area (Å²) in [5.41, 5.74) is 1.56. The van der Waals surface area contributed by atoms with Crippen molar-refractivity contribution in [3.05, 3.63) is 34.9 Å². The van der Waals surface area contributed by atoms with E-state index >= 15 is 0 Å². The van der Waals surface area contributed by atoms with Gasteiger partial charge in [-0.2, -0.15) is 0 Å². The number of nitrogens with one attached hydrogen (secondary N) is 2. The molecular formula is C19H23N3O5. The number of likely N-dealkylation sites (N-methyl/N-ethyl adjacent to an activating group) is 1. The number of imide groups is 2. The minimum Gasteiger partial charge on any atom is -0.380 e. The van der Waals surface area contributed by atoms with E-state index in [2.05, 4.69) is 10.6 Å². The number of benzene rings is 1. The van der Waals surface area contributed by atoms with Crippen molar-refractivity contribution in [2.24, 2.45) is 0 Å². The van der Waals surface area contributed by atoms with Crippen molar-refractivity contribution < 1.29 is 23.9 Å². The van der Waals surface area contributed by atoms with Crippen LogP contribution >= 0.6 is 0 Å². The first-order chi connectivity index (χ1) is 13.0. The molecule has 0 bridgehead atoms. The number of carbonyl (C=O) groups is 4. The highest BCUT2D eigenvalue weighted by Crippen LogP contribution is 2.28. The Morgan fingerprint density at radius 1 is 1.15 bits per heavy atom. The van der Waals surface area contributed by atoms with Gasteiger partial charge in [0.15, 0.2) is 0 Å². The van der Waals surface area contributed by atoms with E-state index in [1.54, 1.807) is 12.1 Å². The maximum atomic E-state index is 12.7. The summed E-state index contributed by atoms with van der Waals surface area (Å²) in [6.07, 6.45) is 1.81. The number of hydrogen-bond donors (Lipinski definition) is 2. The van der Waals surface area contributed by atoms with E-state index in [4.69, 9.17) is 4.74 Å². The fraction of sp³-hybridized carbons (Fsp3) is 0.474. The number of nitrogens with zero attached hydrogens (tertiary/aromatic N) is 1. The van der Waals surface area contributed by atoms with Crippen LogP contribution in [0.15, 0.2) is 18.2 Å². The number of aryl methyl sites for hydroxylation is 1. The summed E-state index contributed by atoms with van der Waals surface area (Å²) in [7, 11) is 1.87. The van der Waals surface area contributed by atoms with Gasteiger partial charge in [-0.3, -0.25) is 29.4 Å². The Morgan fingerprint density at radius 2 is 1.93 bits per heavy atom. The van der Waals surface area contributed by atoms with Crippen LogP contribution in [0.4, 0.5) is 0 Å². The predicted molar refractivity (Wildman–Crippen MR) is 96.2 cm³/mol. The highest BCUT2D eigenvalue weighted by Gasteiger charge is 2.44. The Labute approximate surface area is 157 Å². The Bertz CT molecular complexity index is 777. The van der Waals surface area contributed by atoms with Crippen LogP contribution < -0.4 is 10.6 Å². The SMILES string of the molecule is CNCCOCCCc1ccc2c(c1)C(=O)N(C1CCC(=O)NC1=O)C2=O. The van der Waals surface area contributed by atoms with Crippen molar-refractivity contribution in [2.45, 2.75) is 31.7 Å². The maximum absolute atomic E-state index is 12.7. The summed E-state index contributed by atoms with van der Waals surface area (Å²) in [4.78, 5) is 49.7. The molecule has 4 amide bonds. The van der Waals surface area contributed by atoms with Crippen molar-refractivity contribution in [2.75, 3.05) is 26.8 Å². The fourth-order valence-electron chi connectivity index (χ4n) is 3.33.